The number of anilines is 1. The Balaban J connectivity index is 1.44. The van der Waals surface area contributed by atoms with Crippen LogP contribution in [0.5, 0.6) is 0 Å². The molecule has 6 rings (SSSR count). The fraction of sp³-hybridized carbons (Fsp3) is 0.429. The van der Waals surface area contributed by atoms with Crippen LogP contribution in [-0.4, -0.2) is 77.7 Å². The van der Waals surface area contributed by atoms with Gasteiger partial charge in [-0.2, -0.15) is 0 Å². The van der Waals surface area contributed by atoms with Crippen LogP contribution in [0.15, 0.2) is 72.8 Å². The number of aliphatic hydroxyl groups is 1. The molecule has 4 aliphatic heterocycles. The van der Waals surface area contributed by atoms with Gasteiger partial charge in [-0.15, -0.1) is 0 Å². The Morgan fingerprint density at radius 1 is 0.978 bits per heavy atom. The van der Waals surface area contributed by atoms with E-state index in [1.165, 1.54) is 4.90 Å². The fourth-order valence-electron chi connectivity index (χ4n) is 7.32. The van der Waals surface area contributed by atoms with Crippen molar-refractivity contribution in [3.8, 4) is 0 Å². The largest absolute Gasteiger partial charge is 0.463 e. The van der Waals surface area contributed by atoms with Crippen molar-refractivity contribution in [2.45, 2.75) is 56.9 Å². The van der Waals surface area contributed by atoms with E-state index in [1.54, 1.807) is 17.1 Å². The fourth-order valence-corrected chi connectivity index (χ4v) is 7.32. The van der Waals surface area contributed by atoms with Gasteiger partial charge in [-0.25, -0.2) is 0 Å². The highest BCUT2D eigenvalue weighted by atomic mass is 16.5. The highest BCUT2D eigenvalue weighted by Gasteiger charge is 2.73. The lowest BCUT2D eigenvalue weighted by Gasteiger charge is -2.36. The summed E-state index contributed by atoms with van der Waals surface area (Å²) < 4.78 is 12.1. The average Bonchev–Trinajstić information content (AvgIpc) is 3.67. The molecule has 4 aliphatic rings. The first-order valence-corrected chi connectivity index (χ1v) is 15.6. The Morgan fingerprint density at radius 2 is 1.73 bits per heavy atom. The molecule has 2 aromatic rings. The highest BCUT2D eigenvalue weighted by Crippen LogP contribution is 2.55. The van der Waals surface area contributed by atoms with Crippen molar-refractivity contribution in [2.75, 3.05) is 31.2 Å². The van der Waals surface area contributed by atoms with Crippen LogP contribution in [0.1, 0.15) is 42.0 Å². The van der Waals surface area contributed by atoms with Crippen LogP contribution in [-0.2, 0) is 28.7 Å². The van der Waals surface area contributed by atoms with Crippen molar-refractivity contribution in [1.82, 2.24) is 10.2 Å². The summed E-state index contributed by atoms with van der Waals surface area (Å²) in [4.78, 5) is 59.1. The van der Waals surface area contributed by atoms with E-state index in [0.29, 0.717) is 6.42 Å². The maximum Gasteiger partial charge on any atom is 0.306 e. The first kappa shape index (κ1) is 30.7. The molecule has 45 heavy (non-hydrogen) atoms. The number of benzene rings is 2. The molecule has 236 valence electrons. The Bertz CT molecular complexity index is 1520. The molecule has 0 aromatic heterocycles. The number of likely N-dealkylation sites (tertiary alicyclic amines) is 1. The van der Waals surface area contributed by atoms with Gasteiger partial charge in [0.25, 0.3) is 5.91 Å². The summed E-state index contributed by atoms with van der Waals surface area (Å²) in [6.45, 7) is 3.98. The average molecular weight is 614 g/mol. The van der Waals surface area contributed by atoms with Crippen LogP contribution in [0, 0.1) is 25.7 Å². The highest BCUT2D eigenvalue weighted by molar-refractivity contribution is 6.06. The van der Waals surface area contributed by atoms with E-state index >= 15 is 0 Å². The maximum absolute atomic E-state index is 14.9. The van der Waals surface area contributed by atoms with Crippen molar-refractivity contribution in [3.63, 3.8) is 0 Å². The molecule has 4 heterocycles. The number of hydrogen-bond donors (Lipinski definition) is 2. The molecule has 6 atom stereocenters. The number of carbonyl (C=O) groups excluding carboxylic acids is 4. The van der Waals surface area contributed by atoms with Crippen molar-refractivity contribution in [3.05, 3.63) is 89.5 Å². The number of fused-ring (bicyclic) bond motifs is 2. The lowest BCUT2D eigenvalue weighted by molar-refractivity contribution is -0.145. The maximum atomic E-state index is 14.9. The number of nitrogens with one attached hydrogen (secondary N) is 1. The standard InChI is InChI=1S/C35H39N3O7/c1-22-11-9-12-23(2)30(22)37-18-8-4-7-15-27(40)44-21-25(24-13-5-3-6-14-24)36-32(41)28-26-16-17-35(45-26)29(28)33(42)38(19-10-20-39)31(35)34(37)43/h3-6,8-9,11-14,16-17,25-26,28-29,31,39H,7,10,15,18-21H2,1-2H3,(H,36,41)/b8-4-/t25-,26-,28+,29+,31-,35+/m0/s1. The number of para-hydroxylation sites is 1. The molecular formula is C35H39N3O7. The van der Waals surface area contributed by atoms with E-state index in [9.17, 15) is 24.3 Å². The number of carbonyl (C=O) groups is 4. The van der Waals surface area contributed by atoms with Gasteiger partial charge in [-0.1, -0.05) is 72.8 Å². The van der Waals surface area contributed by atoms with Crippen molar-refractivity contribution < 1.29 is 33.8 Å². The summed E-state index contributed by atoms with van der Waals surface area (Å²) in [5.74, 6) is -3.34. The molecular weight excluding hydrogens is 574 g/mol. The summed E-state index contributed by atoms with van der Waals surface area (Å²) in [5.41, 5.74) is 1.92. The number of rotatable bonds is 5. The van der Waals surface area contributed by atoms with E-state index in [2.05, 4.69) is 5.32 Å². The lowest BCUT2D eigenvalue weighted by atomic mass is 9.74. The van der Waals surface area contributed by atoms with Gasteiger partial charge in [0, 0.05) is 31.8 Å². The van der Waals surface area contributed by atoms with Gasteiger partial charge in [0.15, 0.2) is 0 Å². The van der Waals surface area contributed by atoms with E-state index in [-0.39, 0.29) is 51.0 Å². The van der Waals surface area contributed by atoms with E-state index in [0.717, 1.165) is 22.4 Å². The van der Waals surface area contributed by atoms with Gasteiger partial charge in [-0.05, 0) is 43.4 Å². The minimum absolute atomic E-state index is 0.0692. The molecule has 2 saturated heterocycles. The predicted molar refractivity (Wildman–Crippen MR) is 166 cm³/mol. The molecule has 0 saturated carbocycles. The second-order valence-electron chi connectivity index (χ2n) is 12.2. The van der Waals surface area contributed by atoms with Gasteiger partial charge in [0.2, 0.25) is 11.8 Å². The Morgan fingerprint density at radius 3 is 2.47 bits per heavy atom. The molecule has 0 unspecified atom stereocenters. The summed E-state index contributed by atoms with van der Waals surface area (Å²) >= 11 is 0. The molecule has 2 fully saturated rings. The zero-order valence-corrected chi connectivity index (χ0v) is 25.6. The summed E-state index contributed by atoms with van der Waals surface area (Å²) in [6.07, 6.45) is 7.37. The Labute approximate surface area is 262 Å². The molecule has 1 spiro atoms. The Hall–Kier alpha value is -4.28. The molecule has 2 N–H and O–H groups in total. The quantitative estimate of drug-likeness (QED) is 0.393. The third-order valence-corrected chi connectivity index (χ3v) is 9.34. The minimum atomic E-state index is -1.35. The van der Waals surface area contributed by atoms with E-state index < -0.39 is 47.5 Å². The van der Waals surface area contributed by atoms with Crippen LogP contribution in [0.4, 0.5) is 5.69 Å². The summed E-state index contributed by atoms with van der Waals surface area (Å²) in [6, 6.07) is 13.3. The van der Waals surface area contributed by atoms with Gasteiger partial charge in [0.1, 0.15) is 18.2 Å². The topological polar surface area (TPSA) is 125 Å². The number of aryl methyl sites for hydroxylation is 2. The summed E-state index contributed by atoms with van der Waals surface area (Å²) in [7, 11) is 0. The number of aliphatic hydroxyl groups excluding tert-OH is 1. The molecule has 10 nitrogen and oxygen atoms in total. The van der Waals surface area contributed by atoms with Crippen LogP contribution >= 0.6 is 0 Å². The van der Waals surface area contributed by atoms with Crippen LogP contribution < -0.4 is 10.2 Å². The number of allylic oxidation sites excluding steroid dienone is 1. The number of esters is 1. The zero-order valence-electron chi connectivity index (χ0n) is 25.6. The second kappa shape index (κ2) is 12.6. The van der Waals surface area contributed by atoms with Crippen molar-refractivity contribution >= 4 is 29.4 Å². The third kappa shape index (κ3) is 5.46. The van der Waals surface area contributed by atoms with Crippen LogP contribution in [0.3, 0.4) is 0 Å². The predicted octanol–water partition coefficient (Wildman–Crippen LogP) is 2.92. The first-order valence-electron chi connectivity index (χ1n) is 15.6. The van der Waals surface area contributed by atoms with E-state index in [1.807, 2.05) is 74.5 Å². The van der Waals surface area contributed by atoms with Gasteiger partial charge in [-0.3, -0.25) is 19.2 Å². The lowest BCUT2D eigenvalue weighted by Crippen LogP contribution is -2.56. The number of nitrogens with zero attached hydrogens (tertiary/aromatic N) is 2. The molecule has 0 aliphatic carbocycles. The minimum Gasteiger partial charge on any atom is -0.463 e. The first-order chi connectivity index (χ1) is 21.8. The van der Waals surface area contributed by atoms with Gasteiger partial charge in [0.05, 0.1) is 24.0 Å². The van der Waals surface area contributed by atoms with Crippen molar-refractivity contribution in [2.24, 2.45) is 11.8 Å². The third-order valence-electron chi connectivity index (χ3n) is 9.34. The van der Waals surface area contributed by atoms with Crippen molar-refractivity contribution in [1.29, 1.82) is 0 Å². The molecule has 5 bridgehead atoms. The number of cyclic esters (lactones) is 1. The van der Waals surface area contributed by atoms with E-state index in [4.69, 9.17) is 9.47 Å². The zero-order chi connectivity index (χ0) is 31.7. The second-order valence-corrected chi connectivity index (χ2v) is 12.2. The number of ether oxygens (including phenoxy) is 2. The molecule has 2 aromatic carbocycles. The molecule has 10 heteroatoms. The normalized spacial score (nSPS) is 30.8. The van der Waals surface area contributed by atoms with Crippen LogP contribution in [0.25, 0.3) is 0 Å². The molecule has 3 amide bonds. The number of hydrogen-bond acceptors (Lipinski definition) is 7. The number of amides is 3. The Kier molecular flexibility index (Phi) is 8.61. The molecule has 0 radical (unpaired) electrons. The van der Waals surface area contributed by atoms with Gasteiger partial charge >= 0.3 is 5.97 Å². The smallest absolute Gasteiger partial charge is 0.306 e. The SMILES string of the molecule is Cc1cccc(C)c1N1C/C=C\CCC(=O)OC[C@@H](c2ccccc2)NC(=O)[C@@H]2[C@@H]3C=C[C@]4(O3)[C@H](C1=O)N(CCCO)C(=O)[C@@H]24. The van der Waals surface area contributed by atoms with Gasteiger partial charge < -0.3 is 29.7 Å². The summed E-state index contributed by atoms with van der Waals surface area (Å²) in [5, 5.41) is 12.7. The van der Waals surface area contributed by atoms with Crippen LogP contribution in [0.2, 0.25) is 0 Å². The monoisotopic (exact) mass is 613 g/mol.